The summed E-state index contributed by atoms with van der Waals surface area (Å²) < 4.78 is 35.0. The first-order valence-corrected chi connectivity index (χ1v) is 4.45. The summed E-state index contributed by atoms with van der Waals surface area (Å²) in [5.74, 6) is 1.76. The second-order valence-corrected chi connectivity index (χ2v) is 3.51. The number of hydrogen-bond donors (Lipinski definition) is 3. The van der Waals surface area contributed by atoms with E-state index in [1.165, 1.54) is 0 Å². The summed E-state index contributed by atoms with van der Waals surface area (Å²) in [6.07, 6.45) is -7.88. The zero-order valence-corrected chi connectivity index (χ0v) is 7.70. The minimum Gasteiger partial charge on any atom is -0.390 e. The van der Waals surface area contributed by atoms with Gasteiger partial charge in [-0.25, -0.2) is 0 Å². The van der Waals surface area contributed by atoms with Crippen LogP contribution in [-0.2, 0) is 0 Å². The normalized spacial score (nSPS) is 33.3. The van der Waals surface area contributed by atoms with Gasteiger partial charge in [0.25, 0.3) is 0 Å². The van der Waals surface area contributed by atoms with Gasteiger partial charge >= 0.3 is 6.18 Å². The van der Waals surface area contributed by atoms with Gasteiger partial charge in [0.15, 0.2) is 0 Å². The van der Waals surface area contributed by atoms with Gasteiger partial charge in [-0.3, -0.25) is 0 Å². The molecule has 0 amide bonds. The molecular weight excluding hydrogens is 213 g/mol. The molecule has 86 valence electrons. The van der Waals surface area contributed by atoms with Crippen LogP contribution >= 0.6 is 0 Å². The van der Waals surface area contributed by atoms with Crippen LogP contribution in [0.15, 0.2) is 0 Å². The average Bonchev–Trinajstić information content (AvgIpc) is 2.43. The van der Waals surface area contributed by atoms with Crippen LogP contribution in [-0.4, -0.2) is 39.8 Å². The third-order valence-corrected chi connectivity index (χ3v) is 2.40. The van der Waals surface area contributed by atoms with Gasteiger partial charge in [-0.1, -0.05) is 5.92 Å². The summed E-state index contributed by atoms with van der Waals surface area (Å²) in [5.41, 5.74) is 0. The maximum Gasteiger partial charge on any atom is 0.457 e. The van der Waals surface area contributed by atoms with E-state index in [-0.39, 0.29) is 12.8 Å². The Morgan fingerprint density at radius 2 is 1.80 bits per heavy atom. The van der Waals surface area contributed by atoms with E-state index in [1.54, 1.807) is 5.92 Å². The van der Waals surface area contributed by atoms with Gasteiger partial charge in [-0.15, -0.1) is 0 Å². The molecule has 1 rings (SSSR count). The minimum absolute atomic E-state index is 0.260. The maximum atomic E-state index is 11.7. The standard InChI is InChI=1S/C9H11F3O3/c10-9(11,12)4-3-6(13)5-1-2-7(14)8(5)15/h5-8,13-15H,1-2H2. The quantitative estimate of drug-likeness (QED) is 0.551. The first-order chi connectivity index (χ1) is 6.81. The molecule has 0 aromatic carbocycles. The van der Waals surface area contributed by atoms with Crippen LogP contribution in [0, 0.1) is 17.8 Å². The molecule has 1 aliphatic carbocycles. The predicted octanol–water partition coefficient (Wildman–Crippen LogP) is 0.0448. The molecule has 1 aliphatic rings. The Labute approximate surface area is 84.5 Å². The van der Waals surface area contributed by atoms with Crippen molar-refractivity contribution in [3.63, 3.8) is 0 Å². The van der Waals surface area contributed by atoms with Crippen LogP contribution in [0.1, 0.15) is 12.8 Å². The fourth-order valence-electron chi connectivity index (χ4n) is 1.60. The summed E-state index contributed by atoms with van der Waals surface area (Å²) >= 11 is 0. The fraction of sp³-hybridized carbons (Fsp3) is 0.778. The number of alkyl halides is 3. The monoisotopic (exact) mass is 224 g/mol. The highest BCUT2D eigenvalue weighted by molar-refractivity contribution is 5.12. The van der Waals surface area contributed by atoms with Gasteiger partial charge < -0.3 is 15.3 Å². The summed E-state index contributed by atoms with van der Waals surface area (Å²) in [5, 5.41) is 27.7. The molecule has 0 bridgehead atoms. The van der Waals surface area contributed by atoms with Crippen LogP contribution in [0.5, 0.6) is 0 Å². The van der Waals surface area contributed by atoms with E-state index in [1.807, 2.05) is 0 Å². The molecule has 4 atom stereocenters. The molecule has 0 aromatic rings. The average molecular weight is 224 g/mol. The molecule has 0 heterocycles. The Balaban J connectivity index is 2.61. The van der Waals surface area contributed by atoms with Gasteiger partial charge in [0.05, 0.1) is 12.2 Å². The van der Waals surface area contributed by atoms with E-state index in [0.717, 1.165) is 5.92 Å². The van der Waals surface area contributed by atoms with E-state index in [9.17, 15) is 23.4 Å². The number of aliphatic hydroxyl groups is 3. The van der Waals surface area contributed by atoms with Crippen molar-refractivity contribution in [3.05, 3.63) is 0 Å². The van der Waals surface area contributed by atoms with Crippen LogP contribution in [0.2, 0.25) is 0 Å². The van der Waals surface area contributed by atoms with Crippen molar-refractivity contribution in [2.45, 2.75) is 37.3 Å². The van der Waals surface area contributed by atoms with E-state index < -0.39 is 30.4 Å². The highest BCUT2D eigenvalue weighted by Gasteiger charge is 2.37. The zero-order chi connectivity index (χ0) is 11.6. The van der Waals surface area contributed by atoms with E-state index in [2.05, 4.69) is 0 Å². The van der Waals surface area contributed by atoms with Gasteiger partial charge in [0.2, 0.25) is 0 Å². The van der Waals surface area contributed by atoms with Crippen LogP contribution < -0.4 is 0 Å². The topological polar surface area (TPSA) is 60.7 Å². The summed E-state index contributed by atoms with van der Waals surface area (Å²) in [6, 6.07) is 0. The summed E-state index contributed by atoms with van der Waals surface area (Å²) in [4.78, 5) is 0. The van der Waals surface area contributed by atoms with Crippen molar-refractivity contribution in [3.8, 4) is 11.8 Å². The highest BCUT2D eigenvalue weighted by Crippen LogP contribution is 2.28. The van der Waals surface area contributed by atoms with Crippen molar-refractivity contribution in [2.24, 2.45) is 5.92 Å². The molecule has 3 N–H and O–H groups in total. The molecule has 1 fully saturated rings. The molecular formula is C9H11F3O3. The number of rotatable bonds is 1. The van der Waals surface area contributed by atoms with E-state index in [0.29, 0.717) is 0 Å². The summed E-state index contributed by atoms with van der Waals surface area (Å²) in [7, 11) is 0. The smallest absolute Gasteiger partial charge is 0.390 e. The summed E-state index contributed by atoms with van der Waals surface area (Å²) in [6.45, 7) is 0. The van der Waals surface area contributed by atoms with Crippen LogP contribution in [0.25, 0.3) is 0 Å². The molecule has 0 aliphatic heterocycles. The van der Waals surface area contributed by atoms with Crippen molar-refractivity contribution >= 4 is 0 Å². The second-order valence-electron chi connectivity index (χ2n) is 3.51. The largest absolute Gasteiger partial charge is 0.457 e. The lowest BCUT2D eigenvalue weighted by Crippen LogP contribution is -2.32. The molecule has 6 heteroatoms. The molecule has 15 heavy (non-hydrogen) atoms. The molecule has 0 radical (unpaired) electrons. The lowest BCUT2D eigenvalue weighted by Gasteiger charge is -2.18. The molecule has 0 aromatic heterocycles. The SMILES string of the molecule is OC(C#CC(F)(F)F)C1CCC(O)C1O. The molecule has 1 saturated carbocycles. The van der Waals surface area contributed by atoms with Crippen molar-refractivity contribution < 1.29 is 28.5 Å². The van der Waals surface area contributed by atoms with E-state index >= 15 is 0 Å². The van der Waals surface area contributed by atoms with Gasteiger partial charge in [0.1, 0.15) is 6.10 Å². The van der Waals surface area contributed by atoms with E-state index in [4.69, 9.17) is 5.11 Å². The first-order valence-electron chi connectivity index (χ1n) is 4.45. The molecule has 0 saturated heterocycles. The Bertz CT molecular complexity index is 279. The Morgan fingerprint density at radius 1 is 1.20 bits per heavy atom. The van der Waals surface area contributed by atoms with Crippen LogP contribution in [0.3, 0.4) is 0 Å². The Hall–Kier alpha value is -0.770. The maximum absolute atomic E-state index is 11.7. The highest BCUT2D eigenvalue weighted by atomic mass is 19.4. The second kappa shape index (κ2) is 4.39. The molecule has 4 unspecified atom stereocenters. The van der Waals surface area contributed by atoms with Gasteiger partial charge in [0, 0.05) is 11.8 Å². The molecule has 3 nitrogen and oxygen atoms in total. The predicted molar refractivity (Wildman–Crippen MR) is 44.6 cm³/mol. The fourth-order valence-corrected chi connectivity index (χ4v) is 1.60. The lowest BCUT2D eigenvalue weighted by atomic mass is 9.99. The number of aliphatic hydroxyl groups excluding tert-OH is 3. The van der Waals surface area contributed by atoms with Crippen molar-refractivity contribution in [1.82, 2.24) is 0 Å². The zero-order valence-electron chi connectivity index (χ0n) is 7.70. The molecule has 0 spiro atoms. The first kappa shape index (κ1) is 12.3. The Kier molecular flexibility index (Phi) is 3.60. The lowest BCUT2D eigenvalue weighted by molar-refractivity contribution is -0.0703. The minimum atomic E-state index is -4.65. The number of hydrogen-bond acceptors (Lipinski definition) is 3. The Morgan fingerprint density at radius 3 is 2.20 bits per heavy atom. The number of halogens is 3. The van der Waals surface area contributed by atoms with Gasteiger partial charge in [-0.05, 0) is 12.8 Å². The van der Waals surface area contributed by atoms with Crippen molar-refractivity contribution in [2.75, 3.05) is 0 Å². The van der Waals surface area contributed by atoms with Gasteiger partial charge in [-0.2, -0.15) is 13.2 Å². The third kappa shape index (κ3) is 3.38. The van der Waals surface area contributed by atoms with Crippen LogP contribution in [0.4, 0.5) is 13.2 Å². The third-order valence-electron chi connectivity index (χ3n) is 2.40. The van der Waals surface area contributed by atoms with Crippen molar-refractivity contribution in [1.29, 1.82) is 0 Å².